The number of carbonyl (C=O) groups excluding carboxylic acids is 2. The number of rotatable bonds is 7. The first-order chi connectivity index (χ1) is 12.5. The van der Waals surface area contributed by atoms with E-state index >= 15 is 0 Å². The Morgan fingerprint density at radius 3 is 2.42 bits per heavy atom. The lowest BCUT2D eigenvalue weighted by atomic mass is 10.1. The number of carbonyl (C=O) groups is 2. The van der Waals surface area contributed by atoms with Gasteiger partial charge >= 0.3 is 0 Å². The number of nitrogens with one attached hydrogen (secondary N) is 2. The molecule has 0 fully saturated rings. The maximum Gasteiger partial charge on any atom is 0.272 e. The van der Waals surface area contributed by atoms with E-state index in [1.54, 1.807) is 36.4 Å². The minimum Gasteiger partial charge on any atom is -0.490 e. The largest absolute Gasteiger partial charge is 0.490 e. The molecule has 5 nitrogen and oxygen atoms in total. The Labute approximate surface area is 153 Å². The summed E-state index contributed by atoms with van der Waals surface area (Å²) >= 11 is 0. The van der Waals surface area contributed by atoms with Crippen molar-refractivity contribution in [1.82, 2.24) is 5.32 Å². The molecule has 2 rings (SSSR count). The molecule has 5 heteroatoms. The monoisotopic (exact) mass is 350 g/mol. The second-order valence-corrected chi connectivity index (χ2v) is 5.67. The molecule has 0 aliphatic heterocycles. The van der Waals surface area contributed by atoms with E-state index in [1.165, 1.54) is 6.92 Å². The molecular weight excluding hydrogens is 328 g/mol. The van der Waals surface area contributed by atoms with Gasteiger partial charge in [-0.05, 0) is 48.4 Å². The molecule has 0 unspecified atom stereocenters. The SMILES string of the molecule is C=CCOc1ccc(NC(=O)C(=Cc2ccccc2C)NC(C)=O)cc1. The maximum atomic E-state index is 12.6. The van der Waals surface area contributed by atoms with Crippen LogP contribution in [0.3, 0.4) is 0 Å². The highest BCUT2D eigenvalue weighted by Crippen LogP contribution is 2.17. The van der Waals surface area contributed by atoms with Crippen LogP contribution < -0.4 is 15.4 Å². The molecule has 0 bridgehead atoms. The Morgan fingerprint density at radius 2 is 1.81 bits per heavy atom. The molecule has 0 radical (unpaired) electrons. The van der Waals surface area contributed by atoms with Gasteiger partial charge in [0, 0.05) is 12.6 Å². The van der Waals surface area contributed by atoms with Gasteiger partial charge in [-0.1, -0.05) is 36.9 Å². The van der Waals surface area contributed by atoms with E-state index in [0.29, 0.717) is 18.0 Å². The predicted molar refractivity (Wildman–Crippen MR) is 104 cm³/mol. The van der Waals surface area contributed by atoms with E-state index in [2.05, 4.69) is 17.2 Å². The lowest BCUT2D eigenvalue weighted by Gasteiger charge is -2.11. The van der Waals surface area contributed by atoms with Crippen LogP contribution in [0.5, 0.6) is 5.75 Å². The van der Waals surface area contributed by atoms with E-state index in [1.807, 2.05) is 31.2 Å². The Bertz CT molecular complexity index is 823. The number of amides is 2. The number of benzene rings is 2. The van der Waals surface area contributed by atoms with Gasteiger partial charge in [0.2, 0.25) is 5.91 Å². The summed E-state index contributed by atoms with van der Waals surface area (Å²) in [6, 6.07) is 14.6. The standard InChI is InChI=1S/C21H22N2O3/c1-4-13-26-19-11-9-18(10-12-19)23-21(25)20(22-16(3)24)14-17-8-6-5-7-15(17)2/h4-12,14H,1,13H2,2-3H3,(H,22,24)(H,23,25). The van der Waals surface area contributed by atoms with Crippen LogP contribution in [0.1, 0.15) is 18.1 Å². The molecule has 0 atom stereocenters. The minimum absolute atomic E-state index is 0.179. The highest BCUT2D eigenvalue weighted by molar-refractivity contribution is 6.08. The molecule has 2 amide bonds. The van der Waals surface area contributed by atoms with Crippen molar-refractivity contribution in [2.24, 2.45) is 0 Å². The number of hydrogen-bond donors (Lipinski definition) is 2. The predicted octanol–water partition coefficient (Wildman–Crippen LogP) is 3.68. The van der Waals surface area contributed by atoms with E-state index < -0.39 is 5.91 Å². The van der Waals surface area contributed by atoms with Crippen LogP contribution in [-0.4, -0.2) is 18.4 Å². The Morgan fingerprint density at radius 1 is 1.12 bits per heavy atom. The smallest absolute Gasteiger partial charge is 0.272 e. The van der Waals surface area contributed by atoms with Crippen LogP contribution in [0.15, 0.2) is 66.9 Å². The van der Waals surface area contributed by atoms with Crippen molar-refractivity contribution >= 4 is 23.6 Å². The van der Waals surface area contributed by atoms with Crippen molar-refractivity contribution in [2.45, 2.75) is 13.8 Å². The number of hydrogen-bond acceptors (Lipinski definition) is 3. The summed E-state index contributed by atoms with van der Waals surface area (Å²) in [7, 11) is 0. The van der Waals surface area contributed by atoms with E-state index in [0.717, 1.165) is 11.1 Å². The third kappa shape index (κ3) is 5.63. The Hall–Kier alpha value is -3.34. The van der Waals surface area contributed by atoms with E-state index in [9.17, 15) is 9.59 Å². The zero-order valence-electron chi connectivity index (χ0n) is 14.9. The van der Waals surface area contributed by atoms with Gasteiger partial charge in [-0.2, -0.15) is 0 Å². The fraction of sp³-hybridized carbons (Fsp3) is 0.143. The summed E-state index contributed by atoms with van der Waals surface area (Å²) < 4.78 is 5.41. The molecule has 0 saturated heterocycles. The summed E-state index contributed by atoms with van der Waals surface area (Å²) in [4.78, 5) is 24.1. The highest BCUT2D eigenvalue weighted by atomic mass is 16.5. The fourth-order valence-electron chi connectivity index (χ4n) is 2.24. The van der Waals surface area contributed by atoms with Gasteiger partial charge in [-0.15, -0.1) is 0 Å². The van der Waals surface area contributed by atoms with Gasteiger partial charge < -0.3 is 15.4 Å². The first kappa shape index (κ1) is 19.0. The van der Waals surface area contributed by atoms with Crippen LogP contribution in [-0.2, 0) is 9.59 Å². The summed E-state index contributed by atoms with van der Waals surface area (Å²) in [5.41, 5.74) is 2.65. The quantitative estimate of drug-likeness (QED) is 0.591. The van der Waals surface area contributed by atoms with Crippen LogP contribution in [0, 0.1) is 6.92 Å². The van der Waals surface area contributed by atoms with Crippen molar-refractivity contribution in [3.8, 4) is 5.75 Å². The molecule has 26 heavy (non-hydrogen) atoms. The van der Waals surface area contributed by atoms with Gasteiger partial charge in [0.15, 0.2) is 0 Å². The molecule has 0 heterocycles. The lowest BCUT2D eigenvalue weighted by molar-refractivity contribution is -0.120. The number of anilines is 1. The topological polar surface area (TPSA) is 67.4 Å². The van der Waals surface area contributed by atoms with Crippen molar-refractivity contribution in [3.63, 3.8) is 0 Å². The first-order valence-electron chi connectivity index (χ1n) is 8.19. The van der Waals surface area contributed by atoms with Crippen LogP contribution in [0.25, 0.3) is 6.08 Å². The normalized spacial score (nSPS) is 10.8. The van der Waals surface area contributed by atoms with Crippen molar-refractivity contribution < 1.29 is 14.3 Å². The minimum atomic E-state index is -0.400. The molecule has 0 spiro atoms. The van der Waals surface area contributed by atoms with Gasteiger partial charge in [0.1, 0.15) is 18.1 Å². The first-order valence-corrected chi connectivity index (χ1v) is 8.19. The van der Waals surface area contributed by atoms with Gasteiger partial charge in [0.05, 0.1) is 0 Å². The van der Waals surface area contributed by atoms with Crippen molar-refractivity contribution in [2.75, 3.05) is 11.9 Å². The average Bonchev–Trinajstić information content (AvgIpc) is 2.62. The van der Waals surface area contributed by atoms with Crippen molar-refractivity contribution in [1.29, 1.82) is 0 Å². The summed E-state index contributed by atoms with van der Waals surface area (Å²) in [6.45, 7) is 7.32. The molecular formula is C21H22N2O3. The second kappa shape index (κ2) is 9.22. The third-order valence-electron chi connectivity index (χ3n) is 3.52. The van der Waals surface area contributed by atoms with Crippen LogP contribution >= 0.6 is 0 Å². The number of ether oxygens (including phenoxy) is 1. The second-order valence-electron chi connectivity index (χ2n) is 5.67. The summed E-state index contributed by atoms with van der Waals surface area (Å²) in [5.74, 6) is -0.0307. The Balaban J connectivity index is 2.17. The number of aryl methyl sites for hydroxylation is 1. The average molecular weight is 350 g/mol. The molecule has 0 aromatic heterocycles. The molecule has 2 aromatic rings. The molecule has 2 aromatic carbocycles. The fourth-order valence-corrected chi connectivity index (χ4v) is 2.24. The zero-order chi connectivity index (χ0) is 18.9. The maximum absolute atomic E-state index is 12.6. The van der Waals surface area contributed by atoms with Crippen molar-refractivity contribution in [3.05, 3.63) is 78.0 Å². The van der Waals surface area contributed by atoms with Crippen LogP contribution in [0.2, 0.25) is 0 Å². The molecule has 0 saturated carbocycles. The van der Waals surface area contributed by atoms with Gasteiger partial charge in [0.25, 0.3) is 5.91 Å². The van der Waals surface area contributed by atoms with Gasteiger partial charge in [-0.25, -0.2) is 0 Å². The highest BCUT2D eigenvalue weighted by Gasteiger charge is 2.12. The molecule has 134 valence electrons. The van der Waals surface area contributed by atoms with Crippen LogP contribution in [0.4, 0.5) is 5.69 Å². The third-order valence-corrected chi connectivity index (χ3v) is 3.52. The zero-order valence-corrected chi connectivity index (χ0v) is 14.9. The summed E-state index contributed by atoms with van der Waals surface area (Å²) in [6.07, 6.45) is 3.32. The van der Waals surface area contributed by atoms with E-state index in [-0.39, 0.29) is 11.6 Å². The summed E-state index contributed by atoms with van der Waals surface area (Å²) in [5, 5.41) is 5.36. The molecule has 2 N–H and O–H groups in total. The lowest BCUT2D eigenvalue weighted by Crippen LogP contribution is -2.29. The molecule has 0 aliphatic carbocycles. The van der Waals surface area contributed by atoms with Gasteiger partial charge in [-0.3, -0.25) is 9.59 Å². The van der Waals surface area contributed by atoms with E-state index in [4.69, 9.17) is 4.74 Å². The molecule has 0 aliphatic rings. The Kier molecular flexibility index (Phi) is 6.74.